The first-order valence-electron chi connectivity index (χ1n) is 8.78. The Balaban J connectivity index is 1.49. The minimum Gasteiger partial charge on any atom is -0.497 e. The molecule has 1 N–H and O–H groups in total. The van der Waals surface area contributed by atoms with Gasteiger partial charge in [-0.05, 0) is 30.5 Å². The number of nitrogens with zero attached hydrogens (tertiary/aromatic N) is 1. The highest BCUT2D eigenvalue weighted by Gasteiger charge is 2.41. The lowest BCUT2D eigenvalue weighted by molar-refractivity contribution is -0.130. The van der Waals surface area contributed by atoms with E-state index < -0.39 is 15.8 Å². The van der Waals surface area contributed by atoms with Crippen molar-refractivity contribution < 1.29 is 22.7 Å². The quantitative estimate of drug-likeness (QED) is 0.771. The molecule has 1 aromatic carbocycles. The van der Waals surface area contributed by atoms with E-state index in [4.69, 9.17) is 4.74 Å². The van der Waals surface area contributed by atoms with Crippen LogP contribution in [0.15, 0.2) is 24.3 Å². The molecule has 0 saturated carbocycles. The van der Waals surface area contributed by atoms with E-state index in [0.29, 0.717) is 25.9 Å². The molecule has 0 aromatic heterocycles. The fraction of sp³-hybridized carbons (Fsp3) is 0.556. The molecule has 142 valence electrons. The first-order valence-corrected chi connectivity index (χ1v) is 10.6. The molecule has 8 heteroatoms. The van der Waals surface area contributed by atoms with Crippen molar-refractivity contribution in [2.45, 2.75) is 25.3 Å². The molecule has 1 aromatic rings. The second kappa shape index (κ2) is 7.65. The standard InChI is InChI=1S/C18H24N2O5S/c1-25-16-4-2-3-13(9-16)5-7-19-18(22)14-10-17(21)20(11-14)15-6-8-26(23,24)12-15/h2-4,9,14-15H,5-8,10-12H2,1H3,(H,19,22)/t14-,15-/m1/s1. The Labute approximate surface area is 153 Å². The first-order chi connectivity index (χ1) is 12.4. The van der Waals surface area contributed by atoms with Gasteiger partial charge in [0.15, 0.2) is 9.84 Å². The summed E-state index contributed by atoms with van der Waals surface area (Å²) in [5.41, 5.74) is 1.06. The van der Waals surface area contributed by atoms with Crippen LogP contribution in [0.1, 0.15) is 18.4 Å². The summed E-state index contributed by atoms with van der Waals surface area (Å²) in [6.45, 7) is 0.790. The number of likely N-dealkylation sites (tertiary alicyclic amines) is 1. The van der Waals surface area contributed by atoms with Crippen LogP contribution in [0.25, 0.3) is 0 Å². The van der Waals surface area contributed by atoms with Crippen LogP contribution in [-0.4, -0.2) is 62.9 Å². The van der Waals surface area contributed by atoms with Gasteiger partial charge in [-0.1, -0.05) is 12.1 Å². The van der Waals surface area contributed by atoms with E-state index in [9.17, 15) is 18.0 Å². The SMILES string of the molecule is COc1cccc(CCNC(=O)[C@@H]2CC(=O)N([C@@H]3CCS(=O)(=O)C3)C2)c1. The van der Waals surface area contributed by atoms with Gasteiger partial charge >= 0.3 is 0 Å². The second-order valence-electron chi connectivity index (χ2n) is 6.90. The maximum Gasteiger partial charge on any atom is 0.225 e. The summed E-state index contributed by atoms with van der Waals surface area (Å²) in [5.74, 6) is 0.236. The zero-order valence-electron chi connectivity index (χ0n) is 14.8. The van der Waals surface area contributed by atoms with Crippen LogP contribution >= 0.6 is 0 Å². The topological polar surface area (TPSA) is 92.8 Å². The summed E-state index contributed by atoms with van der Waals surface area (Å²) in [6, 6.07) is 7.38. The minimum absolute atomic E-state index is 0.0168. The van der Waals surface area contributed by atoms with Gasteiger partial charge in [-0.2, -0.15) is 0 Å². The molecule has 2 aliphatic rings. The number of benzene rings is 1. The van der Waals surface area contributed by atoms with Gasteiger partial charge in [0.25, 0.3) is 0 Å². The highest BCUT2D eigenvalue weighted by molar-refractivity contribution is 7.91. The fourth-order valence-electron chi connectivity index (χ4n) is 3.58. The summed E-state index contributed by atoms with van der Waals surface area (Å²) in [4.78, 5) is 26.1. The van der Waals surface area contributed by atoms with Gasteiger partial charge in [0.2, 0.25) is 11.8 Å². The van der Waals surface area contributed by atoms with E-state index in [1.54, 1.807) is 12.0 Å². The number of hydrogen-bond acceptors (Lipinski definition) is 5. The molecule has 0 spiro atoms. The number of carbonyl (C=O) groups excluding carboxylic acids is 2. The predicted octanol–water partition coefficient (Wildman–Crippen LogP) is 0.390. The third-order valence-corrected chi connectivity index (χ3v) is 6.78. The Bertz CT molecular complexity index is 793. The van der Waals surface area contributed by atoms with Crippen LogP contribution in [0.2, 0.25) is 0 Å². The third kappa shape index (κ3) is 4.35. The van der Waals surface area contributed by atoms with E-state index in [2.05, 4.69) is 5.32 Å². The molecule has 0 bridgehead atoms. The molecule has 2 amide bonds. The number of ether oxygens (including phenoxy) is 1. The Hall–Kier alpha value is -2.09. The summed E-state index contributed by atoms with van der Waals surface area (Å²) in [7, 11) is -1.44. The molecular weight excluding hydrogens is 356 g/mol. The molecule has 2 saturated heterocycles. The van der Waals surface area contributed by atoms with E-state index in [0.717, 1.165) is 11.3 Å². The Morgan fingerprint density at radius 3 is 2.88 bits per heavy atom. The van der Waals surface area contributed by atoms with Crippen molar-refractivity contribution in [1.29, 1.82) is 0 Å². The molecule has 2 heterocycles. The number of rotatable bonds is 6. The zero-order chi connectivity index (χ0) is 18.7. The Morgan fingerprint density at radius 2 is 2.19 bits per heavy atom. The van der Waals surface area contributed by atoms with Crippen molar-refractivity contribution in [1.82, 2.24) is 10.2 Å². The summed E-state index contributed by atoms with van der Waals surface area (Å²) in [6.07, 6.45) is 1.30. The van der Waals surface area contributed by atoms with E-state index in [-0.39, 0.29) is 35.8 Å². The summed E-state index contributed by atoms with van der Waals surface area (Å²) < 4.78 is 28.4. The number of sulfone groups is 1. The van der Waals surface area contributed by atoms with Crippen molar-refractivity contribution in [2.24, 2.45) is 5.92 Å². The molecule has 3 rings (SSSR count). The number of nitrogens with one attached hydrogen (secondary N) is 1. The minimum atomic E-state index is -3.05. The van der Waals surface area contributed by atoms with Crippen LogP contribution in [-0.2, 0) is 25.8 Å². The number of methoxy groups -OCH3 is 1. The summed E-state index contributed by atoms with van der Waals surface area (Å²) >= 11 is 0. The predicted molar refractivity (Wildman–Crippen MR) is 96.6 cm³/mol. The Kier molecular flexibility index (Phi) is 5.50. The number of hydrogen-bond donors (Lipinski definition) is 1. The third-order valence-electron chi connectivity index (χ3n) is 5.03. The van der Waals surface area contributed by atoms with Crippen molar-refractivity contribution in [2.75, 3.05) is 31.7 Å². The van der Waals surface area contributed by atoms with E-state index >= 15 is 0 Å². The van der Waals surface area contributed by atoms with Gasteiger partial charge < -0.3 is 15.0 Å². The molecule has 2 fully saturated rings. The van der Waals surface area contributed by atoms with Crippen molar-refractivity contribution in [3.05, 3.63) is 29.8 Å². The first kappa shape index (κ1) is 18.7. The second-order valence-corrected chi connectivity index (χ2v) is 9.13. The lowest BCUT2D eigenvalue weighted by atomic mass is 10.1. The molecule has 2 atom stereocenters. The van der Waals surface area contributed by atoms with Crippen LogP contribution in [0.5, 0.6) is 5.75 Å². The van der Waals surface area contributed by atoms with Crippen molar-refractivity contribution >= 4 is 21.7 Å². The molecule has 2 aliphatic heterocycles. The average Bonchev–Trinajstić information content (AvgIpc) is 3.17. The van der Waals surface area contributed by atoms with Gasteiger partial charge in [-0.3, -0.25) is 9.59 Å². The normalized spacial score (nSPS) is 24.7. The van der Waals surface area contributed by atoms with Gasteiger partial charge in [-0.25, -0.2) is 8.42 Å². The maximum absolute atomic E-state index is 12.4. The van der Waals surface area contributed by atoms with E-state index in [1.165, 1.54) is 0 Å². The van der Waals surface area contributed by atoms with Crippen LogP contribution < -0.4 is 10.1 Å². The molecule has 7 nitrogen and oxygen atoms in total. The molecular formula is C18H24N2O5S. The molecule has 0 unspecified atom stereocenters. The highest BCUT2D eigenvalue weighted by Crippen LogP contribution is 2.26. The van der Waals surface area contributed by atoms with Crippen molar-refractivity contribution in [3.8, 4) is 5.75 Å². The molecule has 0 aliphatic carbocycles. The fourth-order valence-corrected chi connectivity index (χ4v) is 5.31. The van der Waals surface area contributed by atoms with E-state index in [1.807, 2.05) is 24.3 Å². The lowest BCUT2D eigenvalue weighted by Crippen LogP contribution is -2.39. The Morgan fingerprint density at radius 1 is 1.38 bits per heavy atom. The van der Waals surface area contributed by atoms with Gasteiger partial charge in [-0.15, -0.1) is 0 Å². The van der Waals surface area contributed by atoms with Crippen molar-refractivity contribution in [3.63, 3.8) is 0 Å². The zero-order valence-corrected chi connectivity index (χ0v) is 15.6. The average molecular weight is 380 g/mol. The smallest absolute Gasteiger partial charge is 0.225 e. The van der Waals surface area contributed by atoms with Gasteiger partial charge in [0, 0.05) is 25.6 Å². The summed E-state index contributed by atoms with van der Waals surface area (Å²) in [5, 5.41) is 2.88. The highest BCUT2D eigenvalue weighted by atomic mass is 32.2. The van der Waals surface area contributed by atoms with Gasteiger partial charge in [0.05, 0.1) is 24.5 Å². The monoisotopic (exact) mass is 380 g/mol. The number of carbonyl (C=O) groups is 2. The molecule has 0 radical (unpaired) electrons. The largest absolute Gasteiger partial charge is 0.497 e. The van der Waals surface area contributed by atoms with Crippen LogP contribution in [0.4, 0.5) is 0 Å². The van der Waals surface area contributed by atoms with Gasteiger partial charge in [0.1, 0.15) is 5.75 Å². The maximum atomic E-state index is 12.4. The molecule has 26 heavy (non-hydrogen) atoms. The lowest BCUT2D eigenvalue weighted by Gasteiger charge is -2.22. The van der Waals surface area contributed by atoms with Crippen LogP contribution in [0, 0.1) is 5.92 Å². The van der Waals surface area contributed by atoms with Crippen LogP contribution in [0.3, 0.4) is 0 Å². The number of amides is 2.